The highest BCUT2D eigenvalue weighted by Gasteiger charge is 2.18. The van der Waals surface area contributed by atoms with E-state index >= 15 is 0 Å². The molecule has 0 aliphatic carbocycles. The molecule has 0 saturated carbocycles. The Hall–Kier alpha value is -1.76. The van der Waals surface area contributed by atoms with Crippen LogP contribution < -0.4 is 10.6 Å². The lowest BCUT2D eigenvalue weighted by atomic mass is 10.1. The zero-order valence-electron chi connectivity index (χ0n) is 9.64. The fourth-order valence-electron chi connectivity index (χ4n) is 1.38. The molecule has 0 radical (unpaired) electrons. The summed E-state index contributed by atoms with van der Waals surface area (Å²) in [7, 11) is 0. The van der Waals surface area contributed by atoms with Crippen molar-refractivity contribution < 1.29 is 23.1 Å². The van der Waals surface area contributed by atoms with Gasteiger partial charge in [-0.3, -0.25) is 0 Å². The summed E-state index contributed by atoms with van der Waals surface area (Å²) < 4.78 is 38.7. The number of carbonyl (C=O) groups excluding carboxylic acids is 1. The molecule has 0 heterocycles. The molecule has 4 nitrogen and oxygen atoms in total. The summed E-state index contributed by atoms with van der Waals surface area (Å²) in [6, 6.07) is -0.153. The van der Waals surface area contributed by atoms with Crippen LogP contribution in [0, 0.1) is 17.5 Å². The molecule has 100 valence electrons. The second-order valence-electron chi connectivity index (χ2n) is 3.54. The average Bonchev–Trinajstić information content (AvgIpc) is 2.32. The molecule has 1 atom stereocenters. The van der Waals surface area contributed by atoms with Crippen molar-refractivity contribution in [3.05, 3.63) is 35.1 Å². The number of hydrogen-bond donors (Lipinski definition) is 3. The van der Waals surface area contributed by atoms with E-state index in [-0.39, 0.29) is 5.56 Å². The molecule has 0 bridgehead atoms. The minimum Gasteiger partial charge on any atom is -0.394 e. The van der Waals surface area contributed by atoms with Crippen LogP contribution in [0.5, 0.6) is 0 Å². The minimum absolute atomic E-state index is 0.0554. The van der Waals surface area contributed by atoms with Crippen molar-refractivity contribution in [2.75, 3.05) is 13.2 Å². The number of hydrogen-bond acceptors (Lipinski definition) is 2. The SMILES string of the molecule is CCNC(=O)NC(CO)c1cc(F)c(F)c(F)c1. The van der Waals surface area contributed by atoms with Gasteiger partial charge in [-0.15, -0.1) is 0 Å². The number of amides is 2. The predicted molar refractivity (Wildman–Crippen MR) is 58.4 cm³/mol. The minimum atomic E-state index is -1.59. The number of nitrogens with one attached hydrogen (secondary N) is 2. The molecule has 3 N–H and O–H groups in total. The van der Waals surface area contributed by atoms with Gasteiger partial charge in [0.15, 0.2) is 17.5 Å². The molecular formula is C11H13F3N2O2. The van der Waals surface area contributed by atoms with Gasteiger partial charge in [0.25, 0.3) is 0 Å². The Morgan fingerprint density at radius 1 is 1.33 bits per heavy atom. The molecule has 1 aromatic carbocycles. The lowest BCUT2D eigenvalue weighted by Crippen LogP contribution is -2.39. The van der Waals surface area contributed by atoms with Crippen LogP contribution in [0.2, 0.25) is 0 Å². The predicted octanol–water partition coefficient (Wildman–Crippen LogP) is 1.46. The number of carbonyl (C=O) groups is 1. The van der Waals surface area contributed by atoms with E-state index in [9.17, 15) is 18.0 Å². The number of rotatable bonds is 4. The summed E-state index contributed by atoms with van der Waals surface area (Å²) in [6.07, 6.45) is 0. The van der Waals surface area contributed by atoms with Gasteiger partial charge in [-0.05, 0) is 24.6 Å². The van der Waals surface area contributed by atoms with Gasteiger partial charge in [-0.1, -0.05) is 0 Å². The lowest BCUT2D eigenvalue weighted by Gasteiger charge is -2.17. The van der Waals surface area contributed by atoms with Crippen molar-refractivity contribution in [3.63, 3.8) is 0 Å². The Kier molecular flexibility index (Phi) is 4.96. The van der Waals surface area contributed by atoms with Gasteiger partial charge >= 0.3 is 6.03 Å². The number of urea groups is 1. The summed E-state index contributed by atoms with van der Waals surface area (Å²) in [4.78, 5) is 11.2. The highest BCUT2D eigenvalue weighted by molar-refractivity contribution is 5.74. The number of aliphatic hydroxyl groups excluding tert-OH is 1. The van der Waals surface area contributed by atoms with Crippen molar-refractivity contribution in [2.24, 2.45) is 0 Å². The topological polar surface area (TPSA) is 61.4 Å². The van der Waals surface area contributed by atoms with E-state index in [1.165, 1.54) is 0 Å². The summed E-state index contributed by atoms with van der Waals surface area (Å²) in [5.41, 5.74) is -0.0554. The monoisotopic (exact) mass is 262 g/mol. The van der Waals surface area contributed by atoms with Gasteiger partial charge in [-0.25, -0.2) is 18.0 Å². The smallest absolute Gasteiger partial charge is 0.315 e. The maximum atomic E-state index is 13.0. The van der Waals surface area contributed by atoms with Crippen LogP contribution in [0.1, 0.15) is 18.5 Å². The Morgan fingerprint density at radius 2 is 1.89 bits per heavy atom. The maximum absolute atomic E-state index is 13.0. The first-order valence-corrected chi connectivity index (χ1v) is 5.29. The van der Waals surface area contributed by atoms with Gasteiger partial charge in [0.05, 0.1) is 12.6 Å². The molecule has 2 amide bonds. The van der Waals surface area contributed by atoms with E-state index in [4.69, 9.17) is 5.11 Å². The van der Waals surface area contributed by atoms with Crippen molar-refractivity contribution in [3.8, 4) is 0 Å². The Labute approximate surface area is 102 Å². The number of halogens is 3. The summed E-state index contributed by atoms with van der Waals surface area (Å²) in [6.45, 7) is 1.47. The van der Waals surface area contributed by atoms with Crippen LogP contribution in [0.3, 0.4) is 0 Å². The molecule has 0 aromatic heterocycles. The molecule has 18 heavy (non-hydrogen) atoms. The average molecular weight is 262 g/mol. The molecule has 1 aromatic rings. The third-order valence-corrected chi connectivity index (χ3v) is 2.23. The van der Waals surface area contributed by atoms with Crippen LogP contribution in [0.15, 0.2) is 12.1 Å². The first-order chi connectivity index (χ1) is 8.49. The standard InChI is InChI=1S/C11H13F3N2O2/c1-2-15-11(18)16-9(5-17)6-3-7(12)10(14)8(13)4-6/h3-4,9,17H,2,5H2,1H3,(H2,15,16,18). The number of benzene rings is 1. The van der Waals surface area contributed by atoms with E-state index in [1.807, 2.05) is 0 Å². The van der Waals surface area contributed by atoms with Gasteiger partial charge < -0.3 is 15.7 Å². The molecule has 7 heteroatoms. The van der Waals surface area contributed by atoms with Crippen molar-refractivity contribution in [2.45, 2.75) is 13.0 Å². The van der Waals surface area contributed by atoms with Crippen LogP contribution in [0.4, 0.5) is 18.0 Å². The van der Waals surface area contributed by atoms with Gasteiger partial charge in [0, 0.05) is 6.54 Å². The largest absolute Gasteiger partial charge is 0.394 e. The first kappa shape index (κ1) is 14.3. The molecule has 1 rings (SSSR count). The first-order valence-electron chi connectivity index (χ1n) is 5.29. The normalized spacial score (nSPS) is 12.1. The van der Waals surface area contributed by atoms with Crippen molar-refractivity contribution in [1.29, 1.82) is 0 Å². The third-order valence-electron chi connectivity index (χ3n) is 2.23. The van der Waals surface area contributed by atoms with E-state index in [0.717, 1.165) is 12.1 Å². The van der Waals surface area contributed by atoms with Crippen LogP contribution in [-0.4, -0.2) is 24.3 Å². The Balaban J connectivity index is 2.92. The molecule has 0 saturated heterocycles. The zero-order chi connectivity index (χ0) is 13.7. The van der Waals surface area contributed by atoms with E-state index < -0.39 is 36.1 Å². The van der Waals surface area contributed by atoms with Crippen LogP contribution in [-0.2, 0) is 0 Å². The summed E-state index contributed by atoms with van der Waals surface area (Å²) >= 11 is 0. The summed E-state index contributed by atoms with van der Waals surface area (Å²) in [5.74, 6) is -4.34. The van der Waals surface area contributed by atoms with Gasteiger partial charge in [-0.2, -0.15) is 0 Å². The lowest BCUT2D eigenvalue weighted by molar-refractivity contribution is 0.217. The second kappa shape index (κ2) is 6.25. The summed E-state index contributed by atoms with van der Waals surface area (Å²) in [5, 5.41) is 13.8. The second-order valence-corrected chi connectivity index (χ2v) is 3.54. The molecule has 0 fully saturated rings. The fourth-order valence-corrected chi connectivity index (χ4v) is 1.38. The molecule has 0 spiro atoms. The van der Waals surface area contributed by atoms with Crippen molar-refractivity contribution in [1.82, 2.24) is 10.6 Å². The molecule has 0 aliphatic rings. The Bertz CT molecular complexity index is 417. The highest BCUT2D eigenvalue weighted by atomic mass is 19.2. The van der Waals surface area contributed by atoms with Crippen molar-refractivity contribution >= 4 is 6.03 Å². The van der Waals surface area contributed by atoms with E-state index in [1.54, 1.807) is 6.92 Å². The van der Waals surface area contributed by atoms with E-state index in [0.29, 0.717) is 6.54 Å². The molecule has 1 unspecified atom stereocenters. The Morgan fingerprint density at radius 3 is 2.33 bits per heavy atom. The van der Waals surface area contributed by atoms with Gasteiger partial charge in [0.2, 0.25) is 0 Å². The quantitative estimate of drug-likeness (QED) is 0.719. The number of aliphatic hydroxyl groups is 1. The van der Waals surface area contributed by atoms with Gasteiger partial charge in [0.1, 0.15) is 0 Å². The van der Waals surface area contributed by atoms with Crippen LogP contribution >= 0.6 is 0 Å². The molecular weight excluding hydrogens is 249 g/mol. The maximum Gasteiger partial charge on any atom is 0.315 e. The highest BCUT2D eigenvalue weighted by Crippen LogP contribution is 2.19. The fraction of sp³-hybridized carbons (Fsp3) is 0.364. The molecule has 0 aliphatic heterocycles. The third kappa shape index (κ3) is 3.36. The van der Waals surface area contributed by atoms with Crippen LogP contribution in [0.25, 0.3) is 0 Å². The van der Waals surface area contributed by atoms with E-state index in [2.05, 4.69) is 10.6 Å². The zero-order valence-corrected chi connectivity index (χ0v) is 9.64.